The van der Waals surface area contributed by atoms with Crippen LogP contribution in [0.1, 0.15) is 37.9 Å². The molecule has 60 valence electrons. The molecule has 0 amide bonds. The van der Waals surface area contributed by atoms with Crippen molar-refractivity contribution >= 4 is 0 Å². The minimum Gasteiger partial charge on any atom is -0.466 e. The lowest BCUT2D eigenvalue weighted by Crippen LogP contribution is -2.09. The highest BCUT2D eigenvalue weighted by atomic mass is 16.3. The Labute approximate surface area is 68.4 Å². The van der Waals surface area contributed by atoms with E-state index in [0.29, 0.717) is 0 Å². The largest absolute Gasteiger partial charge is 0.466 e. The van der Waals surface area contributed by atoms with Gasteiger partial charge in [-0.15, -0.1) is 0 Å². The normalized spacial score (nSPS) is 12.1. The number of rotatable bonds is 0. The molecule has 0 aliphatic carbocycles. The first kappa shape index (κ1) is 8.38. The second kappa shape index (κ2) is 2.40. The van der Waals surface area contributed by atoms with Crippen molar-refractivity contribution in [1.82, 2.24) is 0 Å². The summed E-state index contributed by atoms with van der Waals surface area (Å²) in [4.78, 5) is 0. The molecule has 1 heterocycles. The minimum atomic E-state index is 0.0579. The molecule has 0 aromatic carbocycles. The summed E-state index contributed by atoms with van der Waals surface area (Å²) in [5.41, 5.74) is 0.803. The third kappa shape index (κ3) is 1.65. The van der Waals surface area contributed by atoms with Gasteiger partial charge >= 0.3 is 0 Å². The Morgan fingerprint density at radius 1 is 1.36 bits per heavy atom. The van der Waals surface area contributed by atoms with Crippen LogP contribution < -0.4 is 0 Å². The number of furan rings is 1. The average molecular weight is 150 g/mol. The van der Waals surface area contributed by atoms with Crippen LogP contribution in [0.25, 0.3) is 0 Å². The summed E-state index contributed by atoms with van der Waals surface area (Å²) in [5.74, 6) is 1.77. The first-order valence-corrected chi connectivity index (χ1v) is 3.77. The van der Waals surface area contributed by atoms with Crippen molar-refractivity contribution in [3.05, 3.63) is 30.1 Å². The van der Waals surface area contributed by atoms with Crippen LogP contribution in [0.15, 0.2) is 10.5 Å². The Morgan fingerprint density at radius 3 is 2.09 bits per heavy atom. The van der Waals surface area contributed by atoms with Gasteiger partial charge in [0.05, 0.1) is 0 Å². The van der Waals surface area contributed by atoms with Crippen LogP contribution in [0.3, 0.4) is 0 Å². The van der Waals surface area contributed by atoms with Crippen molar-refractivity contribution in [3.63, 3.8) is 0 Å². The van der Waals surface area contributed by atoms with Gasteiger partial charge in [-0.1, -0.05) is 20.8 Å². The number of hydrogen-bond acceptors (Lipinski definition) is 1. The lowest BCUT2D eigenvalue weighted by Gasteiger charge is -2.13. The van der Waals surface area contributed by atoms with Gasteiger partial charge in [0, 0.05) is 12.3 Å². The molecule has 1 rings (SSSR count). The lowest BCUT2D eigenvalue weighted by atomic mass is 9.93. The van der Waals surface area contributed by atoms with E-state index >= 15 is 0 Å². The van der Waals surface area contributed by atoms with Gasteiger partial charge in [0.15, 0.2) is 0 Å². The van der Waals surface area contributed by atoms with E-state index in [9.17, 15) is 0 Å². The molecule has 0 fully saturated rings. The van der Waals surface area contributed by atoms with E-state index in [2.05, 4.69) is 20.8 Å². The molecular weight excluding hydrogens is 136 g/mol. The fraction of sp³-hybridized carbons (Fsp3) is 0.500. The van der Waals surface area contributed by atoms with E-state index in [1.54, 1.807) is 0 Å². The zero-order valence-electron chi connectivity index (χ0n) is 7.56. The van der Waals surface area contributed by atoms with Crippen molar-refractivity contribution in [2.24, 2.45) is 0 Å². The number of aryl methyl sites for hydroxylation is 1. The second-order valence-corrected chi connectivity index (χ2v) is 3.87. The molecule has 0 saturated carbocycles. The van der Waals surface area contributed by atoms with E-state index in [1.807, 2.05) is 13.0 Å². The van der Waals surface area contributed by atoms with Gasteiger partial charge in [0.2, 0.25) is 0 Å². The molecule has 11 heavy (non-hydrogen) atoms. The Balaban J connectivity index is 3.08. The van der Waals surface area contributed by atoms with Crippen molar-refractivity contribution in [3.8, 4) is 0 Å². The van der Waals surface area contributed by atoms with Crippen LogP contribution in [0.5, 0.6) is 0 Å². The Kier molecular flexibility index (Phi) is 1.83. The highest BCUT2D eigenvalue weighted by Gasteiger charge is 2.18. The molecule has 0 spiro atoms. The highest BCUT2D eigenvalue weighted by molar-refractivity contribution is 5.26. The Morgan fingerprint density at radius 2 is 1.91 bits per heavy atom. The number of hydrogen-bond donors (Lipinski definition) is 0. The summed E-state index contributed by atoms with van der Waals surface area (Å²) in [5, 5.41) is 0. The van der Waals surface area contributed by atoms with E-state index in [-0.39, 0.29) is 5.41 Å². The molecule has 0 saturated heterocycles. The molecule has 2 radical (unpaired) electrons. The first-order chi connectivity index (χ1) is 4.91. The molecule has 0 aliphatic heterocycles. The predicted molar refractivity (Wildman–Crippen MR) is 45.5 cm³/mol. The van der Waals surface area contributed by atoms with Crippen LogP contribution in [0.2, 0.25) is 0 Å². The zero-order valence-corrected chi connectivity index (χ0v) is 7.56. The first-order valence-electron chi connectivity index (χ1n) is 3.77. The molecule has 0 bridgehead atoms. The van der Waals surface area contributed by atoms with Gasteiger partial charge in [-0.25, -0.2) is 0 Å². The van der Waals surface area contributed by atoms with Gasteiger partial charge in [0.1, 0.15) is 11.5 Å². The molecule has 0 aliphatic rings. The monoisotopic (exact) mass is 150 g/mol. The van der Waals surface area contributed by atoms with Crippen LogP contribution in [-0.4, -0.2) is 0 Å². The predicted octanol–water partition coefficient (Wildman–Crippen LogP) is 2.94. The molecule has 1 aromatic rings. The molecule has 1 aromatic heterocycles. The Hall–Kier alpha value is -0.720. The molecule has 0 atom stereocenters. The summed E-state index contributed by atoms with van der Waals surface area (Å²) >= 11 is 0. The topological polar surface area (TPSA) is 13.1 Å². The summed E-state index contributed by atoms with van der Waals surface area (Å²) in [6.07, 6.45) is 0. The quantitative estimate of drug-likeness (QED) is 0.554. The van der Waals surface area contributed by atoms with Crippen molar-refractivity contribution in [2.45, 2.75) is 33.1 Å². The Bertz CT molecular complexity index is 231. The zero-order chi connectivity index (χ0) is 8.65. The van der Waals surface area contributed by atoms with Gasteiger partial charge < -0.3 is 4.42 Å². The average Bonchev–Trinajstić information content (AvgIpc) is 2.11. The van der Waals surface area contributed by atoms with Gasteiger partial charge in [0.25, 0.3) is 0 Å². The fourth-order valence-corrected chi connectivity index (χ4v) is 0.866. The van der Waals surface area contributed by atoms with E-state index in [1.165, 1.54) is 0 Å². The SMILES string of the molecule is [CH]c1cc(C(C)(C)C)oc1C. The van der Waals surface area contributed by atoms with Crippen molar-refractivity contribution in [2.75, 3.05) is 0 Å². The van der Waals surface area contributed by atoms with Gasteiger partial charge in [-0.2, -0.15) is 0 Å². The summed E-state index contributed by atoms with van der Waals surface area (Å²) in [6, 6.07) is 1.90. The van der Waals surface area contributed by atoms with E-state index in [0.717, 1.165) is 17.1 Å². The van der Waals surface area contributed by atoms with Crippen LogP contribution in [0, 0.1) is 13.8 Å². The maximum Gasteiger partial charge on any atom is 0.109 e. The third-order valence-electron chi connectivity index (χ3n) is 1.70. The van der Waals surface area contributed by atoms with Crippen LogP contribution >= 0.6 is 0 Å². The summed E-state index contributed by atoms with van der Waals surface area (Å²) in [6.45, 7) is 13.8. The van der Waals surface area contributed by atoms with Gasteiger partial charge in [-0.3, -0.25) is 0 Å². The molecule has 1 heteroatoms. The molecule has 1 nitrogen and oxygen atoms in total. The summed E-state index contributed by atoms with van der Waals surface area (Å²) < 4.78 is 5.45. The third-order valence-corrected chi connectivity index (χ3v) is 1.70. The molecular formula is C10H14O. The standard InChI is InChI=1S/C10H14O/c1-7-6-9(10(3,4)5)11-8(7)2/h1,6H,2-5H3. The minimum absolute atomic E-state index is 0.0579. The maximum absolute atomic E-state index is 5.64. The van der Waals surface area contributed by atoms with Crippen LogP contribution in [-0.2, 0) is 5.41 Å². The van der Waals surface area contributed by atoms with E-state index < -0.39 is 0 Å². The maximum atomic E-state index is 5.64. The molecule has 0 unspecified atom stereocenters. The van der Waals surface area contributed by atoms with Crippen LogP contribution in [0.4, 0.5) is 0 Å². The summed E-state index contributed by atoms with van der Waals surface area (Å²) in [7, 11) is 0. The van der Waals surface area contributed by atoms with Gasteiger partial charge in [-0.05, 0) is 18.6 Å². The second-order valence-electron chi connectivity index (χ2n) is 3.87. The van der Waals surface area contributed by atoms with Crippen molar-refractivity contribution in [1.29, 1.82) is 0 Å². The smallest absolute Gasteiger partial charge is 0.109 e. The van der Waals surface area contributed by atoms with E-state index in [4.69, 9.17) is 11.3 Å². The molecule has 0 N–H and O–H groups in total. The lowest BCUT2D eigenvalue weighted by molar-refractivity contribution is 0.395. The highest BCUT2D eigenvalue weighted by Crippen LogP contribution is 2.26. The van der Waals surface area contributed by atoms with Crippen molar-refractivity contribution < 1.29 is 4.42 Å². The fourth-order valence-electron chi connectivity index (χ4n) is 0.866.